The highest BCUT2D eigenvalue weighted by Crippen LogP contribution is 2.32. The average Bonchev–Trinajstić information content (AvgIpc) is 2.28. The van der Waals surface area contributed by atoms with Gasteiger partial charge in [0, 0.05) is 5.56 Å². The Balaban J connectivity index is 3.51. The second-order valence-electron chi connectivity index (χ2n) is 3.30. The quantitative estimate of drug-likeness (QED) is 0.758. The van der Waals surface area contributed by atoms with Crippen LogP contribution >= 0.6 is 0 Å². The second kappa shape index (κ2) is 5.39. The molecule has 0 aliphatic carbocycles. The minimum absolute atomic E-state index is 0.0790. The summed E-state index contributed by atoms with van der Waals surface area (Å²) in [6.45, 7) is 3.13. The summed E-state index contributed by atoms with van der Waals surface area (Å²) >= 11 is 0. The summed E-state index contributed by atoms with van der Waals surface area (Å²) in [5.74, 6) is -0.421. The van der Waals surface area contributed by atoms with Gasteiger partial charge >= 0.3 is 0 Å². The van der Waals surface area contributed by atoms with Crippen molar-refractivity contribution in [3.8, 4) is 11.8 Å². The van der Waals surface area contributed by atoms with E-state index in [0.29, 0.717) is 0 Å². The molecule has 0 aromatic heterocycles. The van der Waals surface area contributed by atoms with Gasteiger partial charge in [-0.25, -0.2) is 8.78 Å². The molecule has 0 spiro atoms. The van der Waals surface area contributed by atoms with Crippen LogP contribution in [0.2, 0.25) is 0 Å². The van der Waals surface area contributed by atoms with Crippen molar-refractivity contribution >= 4 is 5.78 Å². The zero-order valence-electron chi connectivity index (χ0n) is 9.46. The first kappa shape index (κ1) is 13.1. The summed E-state index contributed by atoms with van der Waals surface area (Å²) in [5.41, 5.74) is -0.958. The van der Waals surface area contributed by atoms with E-state index in [-0.39, 0.29) is 23.5 Å². The number of carbonyl (C=O) groups excluding carboxylic acids is 1. The molecule has 1 rings (SSSR count). The molecule has 0 saturated carbocycles. The molecule has 0 bridgehead atoms. The SMILES string of the molecule is CCOc1ccc(C(C)=O)c(C(F)F)c1C#N. The largest absolute Gasteiger partial charge is 0.492 e. The average molecular weight is 239 g/mol. The van der Waals surface area contributed by atoms with Gasteiger partial charge in [-0.1, -0.05) is 0 Å². The topological polar surface area (TPSA) is 50.1 Å². The van der Waals surface area contributed by atoms with Gasteiger partial charge in [-0.2, -0.15) is 5.26 Å². The van der Waals surface area contributed by atoms with Crippen LogP contribution in [0.1, 0.15) is 41.8 Å². The van der Waals surface area contributed by atoms with Crippen molar-refractivity contribution in [3.05, 3.63) is 28.8 Å². The maximum absolute atomic E-state index is 12.9. The summed E-state index contributed by atoms with van der Waals surface area (Å²) in [7, 11) is 0. The summed E-state index contributed by atoms with van der Waals surface area (Å²) in [6.07, 6.45) is -2.89. The molecule has 1 aromatic rings. The lowest BCUT2D eigenvalue weighted by Crippen LogP contribution is -2.06. The van der Waals surface area contributed by atoms with E-state index in [9.17, 15) is 13.6 Å². The monoisotopic (exact) mass is 239 g/mol. The van der Waals surface area contributed by atoms with Crippen LogP contribution in [0.25, 0.3) is 0 Å². The first-order valence-electron chi connectivity index (χ1n) is 5.01. The fraction of sp³-hybridized carbons (Fsp3) is 0.333. The molecule has 3 nitrogen and oxygen atoms in total. The zero-order valence-corrected chi connectivity index (χ0v) is 9.46. The van der Waals surface area contributed by atoms with Crippen molar-refractivity contribution in [3.63, 3.8) is 0 Å². The number of nitrogens with zero attached hydrogens (tertiary/aromatic N) is 1. The number of alkyl halides is 2. The van der Waals surface area contributed by atoms with E-state index in [4.69, 9.17) is 10.00 Å². The van der Waals surface area contributed by atoms with Crippen LogP contribution in [0.3, 0.4) is 0 Å². The maximum atomic E-state index is 12.9. The molecule has 0 N–H and O–H groups in total. The van der Waals surface area contributed by atoms with Crippen LogP contribution in [-0.4, -0.2) is 12.4 Å². The predicted octanol–water partition coefficient (Wildman–Crippen LogP) is 3.10. The number of ketones is 1. The standard InChI is InChI=1S/C12H11F2NO2/c1-3-17-10-5-4-8(7(2)16)11(12(13)14)9(10)6-15/h4-5,12H,3H2,1-2H3. The molecule has 90 valence electrons. The van der Waals surface area contributed by atoms with Crippen LogP contribution in [0, 0.1) is 11.3 Å². The lowest BCUT2D eigenvalue weighted by atomic mass is 9.98. The summed E-state index contributed by atoms with van der Waals surface area (Å²) in [5, 5.41) is 8.91. The van der Waals surface area contributed by atoms with Crippen LogP contribution in [0.5, 0.6) is 5.75 Å². The Morgan fingerprint density at radius 1 is 1.53 bits per heavy atom. The van der Waals surface area contributed by atoms with Crippen molar-refractivity contribution in [1.82, 2.24) is 0 Å². The summed E-state index contributed by atoms with van der Waals surface area (Å²) < 4.78 is 30.9. The van der Waals surface area contributed by atoms with Crippen LogP contribution in [-0.2, 0) is 0 Å². The third-order valence-electron chi connectivity index (χ3n) is 2.22. The van der Waals surface area contributed by atoms with Gasteiger partial charge in [0.15, 0.2) is 5.78 Å². The normalized spacial score (nSPS) is 10.1. The number of benzene rings is 1. The third-order valence-corrected chi connectivity index (χ3v) is 2.22. The molecule has 5 heteroatoms. The molecule has 17 heavy (non-hydrogen) atoms. The van der Waals surface area contributed by atoms with Gasteiger partial charge in [0.25, 0.3) is 6.43 Å². The molecule has 0 saturated heterocycles. The van der Waals surface area contributed by atoms with Crippen LogP contribution in [0.4, 0.5) is 8.78 Å². The van der Waals surface area contributed by atoms with E-state index < -0.39 is 17.8 Å². The third kappa shape index (κ3) is 2.59. The Morgan fingerprint density at radius 3 is 2.59 bits per heavy atom. The number of ether oxygens (including phenoxy) is 1. The molecule has 0 atom stereocenters. The van der Waals surface area contributed by atoms with Crippen molar-refractivity contribution in [2.45, 2.75) is 20.3 Å². The van der Waals surface area contributed by atoms with Gasteiger partial charge in [-0.3, -0.25) is 4.79 Å². The lowest BCUT2D eigenvalue weighted by Gasteiger charge is -2.12. The van der Waals surface area contributed by atoms with Gasteiger partial charge in [0.2, 0.25) is 0 Å². The highest BCUT2D eigenvalue weighted by atomic mass is 19.3. The molecular weight excluding hydrogens is 228 g/mol. The van der Waals surface area contributed by atoms with Crippen molar-refractivity contribution in [2.24, 2.45) is 0 Å². The van der Waals surface area contributed by atoms with Crippen LogP contribution in [0.15, 0.2) is 12.1 Å². The van der Waals surface area contributed by atoms with E-state index in [2.05, 4.69) is 0 Å². The summed E-state index contributed by atoms with van der Waals surface area (Å²) in [6, 6.07) is 4.29. The fourth-order valence-corrected chi connectivity index (χ4v) is 1.52. The van der Waals surface area contributed by atoms with Crippen molar-refractivity contribution in [2.75, 3.05) is 6.61 Å². The van der Waals surface area contributed by atoms with Gasteiger partial charge in [0.1, 0.15) is 17.4 Å². The first-order chi connectivity index (χ1) is 8.02. The molecule has 0 fully saturated rings. The Bertz CT molecular complexity index is 478. The lowest BCUT2D eigenvalue weighted by molar-refractivity contribution is 0.0998. The molecular formula is C12H11F2NO2. The Labute approximate surface area is 97.6 Å². The minimum atomic E-state index is -2.89. The smallest absolute Gasteiger partial charge is 0.265 e. The van der Waals surface area contributed by atoms with Gasteiger partial charge in [-0.15, -0.1) is 0 Å². The molecule has 0 unspecified atom stereocenters. The van der Waals surface area contributed by atoms with E-state index in [0.717, 1.165) is 0 Å². The maximum Gasteiger partial charge on any atom is 0.265 e. The highest BCUT2D eigenvalue weighted by molar-refractivity contribution is 5.96. The van der Waals surface area contributed by atoms with E-state index in [1.165, 1.54) is 19.1 Å². The highest BCUT2D eigenvalue weighted by Gasteiger charge is 2.23. The molecule has 0 amide bonds. The molecule has 0 aliphatic heterocycles. The number of halogens is 2. The number of rotatable bonds is 4. The predicted molar refractivity (Wildman–Crippen MR) is 57.3 cm³/mol. The Morgan fingerprint density at radius 2 is 2.18 bits per heavy atom. The number of carbonyl (C=O) groups is 1. The molecule has 1 aromatic carbocycles. The number of hydrogen-bond donors (Lipinski definition) is 0. The first-order valence-corrected chi connectivity index (χ1v) is 5.01. The van der Waals surface area contributed by atoms with Crippen molar-refractivity contribution in [1.29, 1.82) is 5.26 Å². The molecule has 0 aliphatic rings. The number of hydrogen-bond acceptors (Lipinski definition) is 3. The van der Waals surface area contributed by atoms with E-state index in [1.807, 2.05) is 0 Å². The van der Waals surface area contributed by atoms with Gasteiger partial charge in [0.05, 0.1) is 12.2 Å². The second-order valence-corrected chi connectivity index (χ2v) is 3.30. The van der Waals surface area contributed by atoms with Gasteiger partial charge in [-0.05, 0) is 26.0 Å². The zero-order chi connectivity index (χ0) is 13.0. The fourth-order valence-electron chi connectivity index (χ4n) is 1.52. The molecule has 0 radical (unpaired) electrons. The molecule has 0 heterocycles. The van der Waals surface area contributed by atoms with Crippen molar-refractivity contribution < 1.29 is 18.3 Å². The van der Waals surface area contributed by atoms with Gasteiger partial charge < -0.3 is 4.74 Å². The Hall–Kier alpha value is -1.96. The van der Waals surface area contributed by atoms with E-state index >= 15 is 0 Å². The van der Waals surface area contributed by atoms with Crippen LogP contribution < -0.4 is 4.74 Å². The number of nitriles is 1. The number of Topliss-reactive ketones (excluding diaryl/α,β-unsaturated/α-hetero) is 1. The Kier molecular flexibility index (Phi) is 4.16. The summed E-state index contributed by atoms with van der Waals surface area (Å²) in [4.78, 5) is 11.2. The van der Waals surface area contributed by atoms with E-state index in [1.54, 1.807) is 13.0 Å². The minimum Gasteiger partial charge on any atom is -0.492 e.